The number of alkyl halides is 1. The molecule has 1 aromatic rings. The molecule has 0 amide bonds. The second-order valence-electron chi connectivity index (χ2n) is 3.36. The monoisotopic (exact) mass is 226 g/mol. The molecule has 0 saturated heterocycles. The summed E-state index contributed by atoms with van der Waals surface area (Å²) in [5.41, 5.74) is 1.05. The maximum Gasteiger partial charge on any atom is 0.147 e. The highest BCUT2D eigenvalue weighted by Crippen LogP contribution is 2.15. The Kier molecular flexibility index (Phi) is 4.63. The van der Waals surface area contributed by atoms with Gasteiger partial charge in [-0.05, 0) is 38.0 Å². The molecule has 82 valence electrons. The summed E-state index contributed by atoms with van der Waals surface area (Å²) < 4.78 is 5.31. The second kappa shape index (κ2) is 5.76. The van der Waals surface area contributed by atoms with Crippen LogP contribution < -0.4 is 4.74 Å². The van der Waals surface area contributed by atoms with E-state index >= 15 is 0 Å². The van der Waals surface area contributed by atoms with Crippen LogP contribution in [0.15, 0.2) is 24.3 Å². The van der Waals surface area contributed by atoms with Gasteiger partial charge in [0, 0.05) is 0 Å². The highest BCUT2D eigenvalue weighted by molar-refractivity contribution is 6.30. The molecular weight excluding hydrogens is 212 g/mol. The molecule has 0 aliphatic heterocycles. The quantitative estimate of drug-likeness (QED) is 0.722. The fourth-order valence-electron chi connectivity index (χ4n) is 1.24. The third-order valence-electron chi connectivity index (χ3n) is 2.09. The van der Waals surface area contributed by atoms with Crippen LogP contribution in [0.5, 0.6) is 5.75 Å². The minimum Gasteiger partial charge on any atom is -0.494 e. The number of ketones is 1. The van der Waals surface area contributed by atoms with E-state index in [0.717, 1.165) is 11.3 Å². The van der Waals surface area contributed by atoms with Gasteiger partial charge in [0.2, 0.25) is 0 Å². The molecular formula is C12H15ClO2. The lowest BCUT2D eigenvalue weighted by molar-refractivity contribution is -0.116. The molecule has 1 rings (SSSR count). The van der Waals surface area contributed by atoms with Crippen LogP contribution in [-0.2, 0) is 11.2 Å². The van der Waals surface area contributed by atoms with Crippen molar-refractivity contribution in [2.24, 2.45) is 0 Å². The zero-order chi connectivity index (χ0) is 11.3. The van der Waals surface area contributed by atoms with Crippen molar-refractivity contribution in [2.45, 2.75) is 25.6 Å². The summed E-state index contributed by atoms with van der Waals surface area (Å²) in [5.74, 6) is 0.848. The van der Waals surface area contributed by atoms with Gasteiger partial charge < -0.3 is 4.74 Å². The lowest BCUT2D eigenvalue weighted by atomic mass is 10.1. The normalized spacial score (nSPS) is 12.2. The van der Waals surface area contributed by atoms with Gasteiger partial charge in [-0.15, -0.1) is 11.6 Å². The van der Waals surface area contributed by atoms with Gasteiger partial charge in [-0.3, -0.25) is 4.79 Å². The van der Waals surface area contributed by atoms with Gasteiger partial charge in [-0.2, -0.15) is 0 Å². The van der Waals surface area contributed by atoms with Gasteiger partial charge in [0.1, 0.15) is 11.5 Å². The summed E-state index contributed by atoms with van der Waals surface area (Å²) in [5, 5.41) is -0.428. The first-order chi connectivity index (χ1) is 7.13. The molecule has 0 N–H and O–H groups in total. The zero-order valence-corrected chi connectivity index (χ0v) is 9.75. The van der Waals surface area contributed by atoms with E-state index in [1.807, 2.05) is 31.2 Å². The summed E-state index contributed by atoms with van der Waals surface area (Å²) in [6.45, 7) is 4.11. The Morgan fingerprint density at radius 3 is 2.47 bits per heavy atom. The Balaban J connectivity index is 2.60. The molecule has 0 fully saturated rings. The minimum atomic E-state index is -0.428. The summed E-state index contributed by atoms with van der Waals surface area (Å²) >= 11 is 5.87. The highest BCUT2D eigenvalue weighted by Gasteiger charge is 2.10. The zero-order valence-electron chi connectivity index (χ0n) is 9.00. The molecule has 0 spiro atoms. The molecule has 0 bridgehead atoms. The largest absolute Gasteiger partial charge is 0.494 e. The Morgan fingerprint density at radius 1 is 1.40 bits per heavy atom. The molecule has 15 heavy (non-hydrogen) atoms. The maximum absolute atomic E-state index is 11.0. The molecule has 0 saturated carbocycles. The van der Waals surface area contributed by atoms with Crippen molar-refractivity contribution >= 4 is 17.4 Å². The van der Waals surface area contributed by atoms with Crippen molar-refractivity contribution in [1.29, 1.82) is 0 Å². The van der Waals surface area contributed by atoms with Crippen LogP contribution in [0.1, 0.15) is 19.4 Å². The van der Waals surface area contributed by atoms with E-state index < -0.39 is 5.38 Å². The highest BCUT2D eigenvalue weighted by atomic mass is 35.5. The first-order valence-corrected chi connectivity index (χ1v) is 5.43. The molecule has 1 unspecified atom stereocenters. The van der Waals surface area contributed by atoms with Crippen molar-refractivity contribution in [3.63, 3.8) is 0 Å². The van der Waals surface area contributed by atoms with Gasteiger partial charge in [0.05, 0.1) is 12.0 Å². The molecule has 0 aliphatic rings. The van der Waals surface area contributed by atoms with Crippen LogP contribution in [-0.4, -0.2) is 17.8 Å². The van der Waals surface area contributed by atoms with Gasteiger partial charge in [-0.1, -0.05) is 12.1 Å². The molecule has 0 radical (unpaired) electrons. The van der Waals surface area contributed by atoms with E-state index in [-0.39, 0.29) is 5.78 Å². The predicted molar refractivity (Wildman–Crippen MR) is 61.6 cm³/mol. The van der Waals surface area contributed by atoms with Crippen LogP contribution in [0, 0.1) is 0 Å². The molecule has 0 aromatic heterocycles. The number of halogens is 1. The van der Waals surface area contributed by atoms with Crippen LogP contribution in [0.2, 0.25) is 0 Å². The van der Waals surface area contributed by atoms with Crippen molar-refractivity contribution in [3.05, 3.63) is 29.8 Å². The SMILES string of the molecule is CCOc1ccc(CC(Cl)C(C)=O)cc1. The Hall–Kier alpha value is -1.02. The second-order valence-corrected chi connectivity index (χ2v) is 3.89. The number of carbonyl (C=O) groups excluding carboxylic acids is 1. The number of rotatable bonds is 5. The molecule has 0 aliphatic carbocycles. The van der Waals surface area contributed by atoms with Gasteiger partial charge in [0.15, 0.2) is 0 Å². The topological polar surface area (TPSA) is 26.3 Å². The Morgan fingerprint density at radius 2 is 2.00 bits per heavy atom. The van der Waals surface area contributed by atoms with Gasteiger partial charge in [0.25, 0.3) is 0 Å². The van der Waals surface area contributed by atoms with Gasteiger partial charge in [-0.25, -0.2) is 0 Å². The van der Waals surface area contributed by atoms with Gasteiger partial charge >= 0.3 is 0 Å². The lowest BCUT2D eigenvalue weighted by Gasteiger charge is -2.07. The summed E-state index contributed by atoms with van der Waals surface area (Å²) in [6.07, 6.45) is 0.573. The first-order valence-electron chi connectivity index (χ1n) is 4.99. The number of benzene rings is 1. The van der Waals surface area contributed by atoms with Crippen LogP contribution in [0.4, 0.5) is 0 Å². The van der Waals surface area contributed by atoms with E-state index in [9.17, 15) is 4.79 Å². The van der Waals surface area contributed by atoms with Crippen molar-refractivity contribution in [3.8, 4) is 5.75 Å². The summed E-state index contributed by atoms with van der Waals surface area (Å²) in [7, 11) is 0. The third kappa shape index (κ3) is 3.92. The average Bonchev–Trinajstić information content (AvgIpc) is 2.21. The molecule has 1 aromatic carbocycles. The predicted octanol–water partition coefficient (Wildman–Crippen LogP) is 2.82. The van der Waals surface area contributed by atoms with Crippen LogP contribution >= 0.6 is 11.6 Å². The van der Waals surface area contributed by atoms with Crippen molar-refractivity contribution in [1.82, 2.24) is 0 Å². The van der Waals surface area contributed by atoms with E-state index in [2.05, 4.69) is 0 Å². The fourth-order valence-corrected chi connectivity index (χ4v) is 1.42. The van der Waals surface area contributed by atoms with Crippen molar-refractivity contribution < 1.29 is 9.53 Å². The summed E-state index contributed by atoms with van der Waals surface area (Å²) in [6, 6.07) is 7.65. The maximum atomic E-state index is 11.0. The smallest absolute Gasteiger partial charge is 0.147 e. The van der Waals surface area contributed by atoms with E-state index in [0.29, 0.717) is 13.0 Å². The number of ether oxygens (including phenoxy) is 1. The number of carbonyl (C=O) groups is 1. The van der Waals surface area contributed by atoms with Crippen molar-refractivity contribution in [2.75, 3.05) is 6.61 Å². The Labute approximate surface area is 95.2 Å². The molecule has 3 heteroatoms. The fraction of sp³-hybridized carbons (Fsp3) is 0.417. The lowest BCUT2D eigenvalue weighted by Crippen LogP contribution is -2.13. The number of Topliss-reactive ketones (excluding diaryl/α,β-unsaturated/α-hetero) is 1. The number of hydrogen-bond acceptors (Lipinski definition) is 2. The first kappa shape index (κ1) is 12.1. The molecule has 2 nitrogen and oxygen atoms in total. The Bertz CT molecular complexity index is 319. The molecule has 1 atom stereocenters. The minimum absolute atomic E-state index is 0.00514. The van der Waals surface area contributed by atoms with E-state index in [1.165, 1.54) is 6.92 Å². The molecule has 0 heterocycles. The van der Waals surface area contributed by atoms with Crippen LogP contribution in [0.3, 0.4) is 0 Å². The third-order valence-corrected chi connectivity index (χ3v) is 2.55. The van der Waals surface area contributed by atoms with E-state index in [1.54, 1.807) is 0 Å². The summed E-state index contributed by atoms with van der Waals surface area (Å²) in [4.78, 5) is 11.0. The number of hydrogen-bond donors (Lipinski definition) is 0. The van der Waals surface area contributed by atoms with Crippen LogP contribution in [0.25, 0.3) is 0 Å². The average molecular weight is 227 g/mol. The standard InChI is InChI=1S/C12H15ClO2/c1-3-15-11-6-4-10(5-7-11)8-12(13)9(2)14/h4-7,12H,3,8H2,1-2H3. The van der Waals surface area contributed by atoms with E-state index in [4.69, 9.17) is 16.3 Å².